The lowest BCUT2D eigenvalue weighted by Crippen LogP contribution is -2.38. The Bertz CT molecular complexity index is 1710. The first-order valence-corrected chi connectivity index (χ1v) is 13.4. The molecule has 1 aliphatic rings. The van der Waals surface area contributed by atoms with Crippen molar-refractivity contribution < 1.29 is 9.13 Å². The Morgan fingerprint density at radius 1 is 0.789 bits per heavy atom. The molecule has 2 nitrogen and oxygen atoms in total. The number of terminal acetylenes is 1. The molecule has 4 aromatic rings. The SMILES string of the molecule is C#CCCC[n+]1ccc2ccccc2c1C#Cc1c2ccccc2cc[n+]1CCC#CC1=CC=CCC1C. The van der Waals surface area contributed by atoms with Crippen molar-refractivity contribution in [2.24, 2.45) is 5.92 Å². The smallest absolute Gasteiger partial charge is 0.191 e. The normalized spacial score (nSPS) is 14.2. The van der Waals surface area contributed by atoms with E-state index >= 15 is 0 Å². The molecule has 0 saturated carbocycles. The van der Waals surface area contributed by atoms with E-state index in [1.807, 2.05) is 0 Å². The molecule has 184 valence electrons. The average Bonchev–Trinajstić information content (AvgIpc) is 2.96. The summed E-state index contributed by atoms with van der Waals surface area (Å²) in [6, 6.07) is 21.2. The van der Waals surface area contributed by atoms with Gasteiger partial charge in [-0.15, -0.1) is 12.3 Å². The van der Waals surface area contributed by atoms with E-state index in [1.54, 1.807) is 0 Å². The standard InChI is InChI=1S/C36H32N2/c1-3-4-12-25-37-27-23-31-17-7-9-19-33(31)35(37)21-22-36-34-20-10-8-18-32(34)24-28-38(36)26-13-11-16-30-15-6-5-14-29(30)2/h1,5-10,15,17-20,23-24,27-29H,4,12-14,25-26H2,2H3/q+2. The van der Waals surface area contributed by atoms with Crippen LogP contribution in [0.1, 0.15) is 44.0 Å². The number of nitrogens with zero attached hydrogens (tertiary/aromatic N) is 2. The van der Waals surface area contributed by atoms with Crippen LogP contribution in [0, 0.1) is 41.9 Å². The lowest BCUT2D eigenvalue weighted by atomic mass is 9.94. The van der Waals surface area contributed by atoms with Crippen LogP contribution in [0.4, 0.5) is 0 Å². The highest BCUT2D eigenvalue weighted by Gasteiger charge is 2.16. The summed E-state index contributed by atoms with van der Waals surface area (Å²) >= 11 is 0. The number of fused-ring (bicyclic) bond motifs is 2. The molecule has 0 amide bonds. The number of pyridine rings is 2. The van der Waals surface area contributed by atoms with Gasteiger partial charge in [0.25, 0.3) is 11.4 Å². The molecule has 2 aromatic heterocycles. The van der Waals surface area contributed by atoms with Crippen LogP contribution < -0.4 is 9.13 Å². The minimum Gasteiger partial charge on any atom is -0.191 e. The van der Waals surface area contributed by atoms with Gasteiger partial charge in [-0.1, -0.05) is 73.4 Å². The van der Waals surface area contributed by atoms with Crippen LogP contribution >= 0.6 is 0 Å². The third-order valence-electron chi connectivity index (χ3n) is 7.04. The van der Waals surface area contributed by atoms with Crippen molar-refractivity contribution in [2.45, 2.75) is 45.7 Å². The fourth-order valence-electron chi connectivity index (χ4n) is 4.89. The monoisotopic (exact) mass is 492 g/mol. The van der Waals surface area contributed by atoms with Gasteiger partial charge in [-0.2, -0.15) is 9.13 Å². The molecule has 1 atom stereocenters. The summed E-state index contributed by atoms with van der Waals surface area (Å²) in [5.41, 5.74) is 3.26. The van der Waals surface area contributed by atoms with Crippen molar-refractivity contribution in [3.05, 3.63) is 108 Å². The van der Waals surface area contributed by atoms with E-state index in [0.29, 0.717) is 5.92 Å². The number of unbranched alkanes of at least 4 members (excludes halogenated alkanes) is 1. The van der Waals surface area contributed by atoms with Gasteiger partial charge in [0.05, 0.1) is 17.2 Å². The first kappa shape index (κ1) is 25.1. The van der Waals surface area contributed by atoms with Crippen molar-refractivity contribution in [3.63, 3.8) is 0 Å². The van der Waals surface area contributed by atoms with E-state index in [4.69, 9.17) is 6.42 Å². The van der Waals surface area contributed by atoms with Crippen LogP contribution in [0.15, 0.2) is 96.9 Å². The summed E-state index contributed by atoms with van der Waals surface area (Å²) < 4.78 is 4.48. The molecular weight excluding hydrogens is 460 g/mol. The Kier molecular flexibility index (Phi) is 7.99. The highest BCUT2D eigenvalue weighted by Crippen LogP contribution is 2.19. The van der Waals surface area contributed by atoms with Crippen LogP contribution in [0.25, 0.3) is 21.5 Å². The zero-order valence-electron chi connectivity index (χ0n) is 22.0. The van der Waals surface area contributed by atoms with Gasteiger partial charge < -0.3 is 0 Å². The van der Waals surface area contributed by atoms with E-state index in [1.165, 1.54) is 16.3 Å². The maximum atomic E-state index is 5.52. The van der Waals surface area contributed by atoms with Gasteiger partial charge >= 0.3 is 0 Å². The van der Waals surface area contributed by atoms with Crippen LogP contribution in [-0.2, 0) is 13.1 Å². The summed E-state index contributed by atoms with van der Waals surface area (Å²) in [6.07, 6.45) is 19.8. The molecule has 2 heterocycles. The van der Waals surface area contributed by atoms with E-state index in [0.717, 1.165) is 60.9 Å². The predicted molar refractivity (Wildman–Crippen MR) is 156 cm³/mol. The molecule has 0 spiro atoms. The second kappa shape index (κ2) is 12.1. The zero-order valence-corrected chi connectivity index (χ0v) is 22.0. The quantitative estimate of drug-likeness (QED) is 0.176. The Hall–Kier alpha value is -4.58. The minimum absolute atomic E-state index is 0.496. The maximum Gasteiger partial charge on any atom is 0.265 e. The lowest BCUT2D eigenvalue weighted by molar-refractivity contribution is -0.698. The average molecular weight is 493 g/mol. The van der Waals surface area contributed by atoms with E-state index in [-0.39, 0.29) is 0 Å². The number of aryl methyl sites for hydroxylation is 2. The summed E-state index contributed by atoms with van der Waals surface area (Å²) in [5, 5.41) is 4.69. The summed E-state index contributed by atoms with van der Waals surface area (Å²) in [5.74, 6) is 17.2. The van der Waals surface area contributed by atoms with Crippen LogP contribution in [-0.4, -0.2) is 0 Å². The van der Waals surface area contributed by atoms with Crippen molar-refractivity contribution >= 4 is 21.5 Å². The molecule has 5 rings (SSSR count). The summed E-state index contributed by atoms with van der Waals surface area (Å²) in [4.78, 5) is 0. The number of benzene rings is 2. The maximum absolute atomic E-state index is 5.52. The molecular formula is C36H32N2+2. The third-order valence-corrected chi connectivity index (χ3v) is 7.04. The number of aromatic nitrogens is 2. The summed E-state index contributed by atoms with van der Waals surface area (Å²) in [6.45, 7) is 3.87. The number of rotatable bonds is 5. The van der Waals surface area contributed by atoms with Gasteiger partial charge in [-0.25, -0.2) is 0 Å². The minimum atomic E-state index is 0.496. The fourth-order valence-corrected chi connectivity index (χ4v) is 4.89. The van der Waals surface area contributed by atoms with Crippen molar-refractivity contribution in [1.29, 1.82) is 0 Å². The van der Waals surface area contributed by atoms with Crippen molar-refractivity contribution in [1.82, 2.24) is 0 Å². The predicted octanol–water partition coefficient (Wildman–Crippen LogP) is 6.30. The van der Waals surface area contributed by atoms with Crippen LogP contribution in [0.5, 0.6) is 0 Å². The lowest BCUT2D eigenvalue weighted by Gasteiger charge is -2.10. The Morgan fingerprint density at radius 2 is 1.42 bits per heavy atom. The Balaban J connectivity index is 1.53. The molecule has 0 bridgehead atoms. The highest BCUT2D eigenvalue weighted by atomic mass is 15.0. The Morgan fingerprint density at radius 3 is 2.05 bits per heavy atom. The molecule has 0 radical (unpaired) electrons. The molecule has 2 heteroatoms. The first-order valence-electron chi connectivity index (χ1n) is 13.4. The number of hydrogen-bond donors (Lipinski definition) is 0. The van der Waals surface area contributed by atoms with Gasteiger partial charge in [-0.3, -0.25) is 0 Å². The Labute approximate surface area is 226 Å². The van der Waals surface area contributed by atoms with Gasteiger partial charge in [0, 0.05) is 42.4 Å². The van der Waals surface area contributed by atoms with Crippen molar-refractivity contribution in [2.75, 3.05) is 0 Å². The second-order valence-electron chi connectivity index (χ2n) is 9.69. The molecule has 0 aliphatic heterocycles. The van der Waals surface area contributed by atoms with Crippen LogP contribution in [0.3, 0.4) is 0 Å². The second-order valence-corrected chi connectivity index (χ2v) is 9.69. The van der Waals surface area contributed by atoms with Gasteiger partial charge in [0.1, 0.15) is 0 Å². The van der Waals surface area contributed by atoms with Crippen LogP contribution in [0.2, 0.25) is 0 Å². The van der Waals surface area contributed by atoms with E-state index in [9.17, 15) is 0 Å². The van der Waals surface area contributed by atoms with E-state index < -0.39 is 0 Å². The van der Waals surface area contributed by atoms with Gasteiger partial charge in [0.2, 0.25) is 0 Å². The zero-order chi connectivity index (χ0) is 26.2. The van der Waals surface area contributed by atoms with Crippen molar-refractivity contribution in [3.8, 4) is 36.0 Å². The molecule has 1 unspecified atom stereocenters. The molecule has 0 saturated heterocycles. The fraction of sp³-hybridized carbons (Fsp3) is 0.222. The number of allylic oxidation sites excluding steroid dienone is 4. The molecule has 0 fully saturated rings. The van der Waals surface area contributed by atoms with E-state index in [2.05, 4.69) is 137 Å². The largest absolute Gasteiger partial charge is 0.265 e. The summed E-state index contributed by atoms with van der Waals surface area (Å²) in [7, 11) is 0. The third kappa shape index (κ3) is 5.70. The first-order chi connectivity index (χ1) is 18.7. The number of hydrogen-bond acceptors (Lipinski definition) is 0. The topological polar surface area (TPSA) is 7.76 Å². The highest BCUT2D eigenvalue weighted by molar-refractivity contribution is 5.87. The molecule has 2 aromatic carbocycles. The molecule has 0 N–H and O–H groups in total. The van der Waals surface area contributed by atoms with Gasteiger partial charge in [0.15, 0.2) is 25.5 Å². The molecule has 1 aliphatic carbocycles. The molecule has 38 heavy (non-hydrogen) atoms. The van der Waals surface area contributed by atoms with Gasteiger partial charge in [-0.05, 0) is 35.2 Å².